The lowest BCUT2D eigenvalue weighted by molar-refractivity contribution is 0.239. The van der Waals surface area contributed by atoms with Crippen LogP contribution in [0.1, 0.15) is 45.6 Å². The van der Waals surface area contributed by atoms with Gasteiger partial charge in [-0.2, -0.15) is 5.10 Å². The van der Waals surface area contributed by atoms with Gasteiger partial charge >= 0.3 is 0 Å². The molecule has 1 aliphatic heterocycles. The number of anilines is 1. The Kier molecular flexibility index (Phi) is 6.52. The number of piperidine rings is 1. The van der Waals surface area contributed by atoms with Gasteiger partial charge in [-0.1, -0.05) is 23.3 Å². The molecule has 0 radical (unpaired) electrons. The van der Waals surface area contributed by atoms with Gasteiger partial charge in [-0.3, -0.25) is 5.01 Å². The molecule has 0 saturated carbocycles. The van der Waals surface area contributed by atoms with E-state index >= 15 is 0 Å². The minimum atomic E-state index is 0.757. The Hall–Kier alpha value is -1.48. The van der Waals surface area contributed by atoms with E-state index in [2.05, 4.69) is 49.9 Å². The third kappa shape index (κ3) is 5.28. The standard InChI is InChI=1S/C19H28ClN3/c1-15(2)10-13-22(4)19-9-8-17(20)14-18(19)16(3)21-23-11-6-5-7-12-23/h8-10,14H,5-7,11-13H2,1-4H3/b21-16-. The van der Waals surface area contributed by atoms with Crippen LogP contribution in [-0.4, -0.2) is 37.4 Å². The molecule has 2 rings (SSSR count). The maximum Gasteiger partial charge on any atom is 0.0668 e. The van der Waals surface area contributed by atoms with Crippen molar-refractivity contribution in [3.63, 3.8) is 0 Å². The first-order valence-corrected chi connectivity index (χ1v) is 8.80. The summed E-state index contributed by atoms with van der Waals surface area (Å²) in [7, 11) is 2.11. The summed E-state index contributed by atoms with van der Waals surface area (Å²) in [6, 6.07) is 6.07. The van der Waals surface area contributed by atoms with Gasteiger partial charge in [0.1, 0.15) is 0 Å². The zero-order valence-electron chi connectivity index (χ0n) is 14.8. The van der Waals surface area contributed by atoms with Crippen molar-refractivity contribution in [3.8, 4) is 0 Å². The largest absolute Gasteiger partial charge is 0.370 e. The molecule has 1 heterocycles. The van der Waals surface area contributed by atoms with Crippen LogP contribution in [0.3, 0.4) is 0 Å². The van der Waals surface area contributed by atoms with Crippen molar-refractivity contribution in [1.29, 1.82) is 0 Å². The predicted molar refractivity (Wildman–Crippen MR) is 102 cm³/mol. The summed E-state index contributed by atoms with van der Waals surface area (Å²) in [5, 5.41) is 7.79. The van der Waals surface area contributed by atoms with Crippen molar-refractivity contribution >= 4 is 23.0 Å². The predicted octanol–water partition coefficient (Wildman–Crippen LogP) is 4.95. The van der Waals surface area contributed by atoms with Gasteiger partial charge in [-0.25, -0.2) is 0 Å². The molecule has 1 aromatic carbocycles. The lowest BCUT2D eigenvalue weighted by Crippen LogP contribution is -2.26. The van der Waals surface area contributed by atoms with Crippen LogP contribution in [0.25, 0.3) is 0 Å². The lowest BCUT2D eigenvalue weighted by Gasteiger charge is -2.26. The van der Waals surface area contributed by atoms with Crippen molar-refractivity contribution in [1.82, 2.24) is 5.01 Å². The summed E-state index contributed by atoms with van der Waals surface area (Å²) in [5.41, 5.74) is 4.65. The van der Waals surface area contributed by atoms with Gasteiger partial charge < -0.3 is 4.90 Å². The lowest BCUT2D eigenvalue weighted by atomic mass is 10.1. The van der Waals surface area contributed by atoms with Gasteiger partial charge in [0.25, 0.3) is 0 Å². The maximum absolute atomic E-state index is 6.24. The van der Waals surface area contributed by atoms with Crippen LogP contribution in [0.5, 0.6) is 0 Å². The number of nitrogens with zero attached hydrogens (tertiary/aromatic N) is 3. The zero-order chi connectivity index (χ0) is 16.8. The minimum Gasteiger partial charge on any atom is -0.370 e. The molecule has 1 aliphatic rings. The first-order chi connectivity index (χ1) is 11.0. The summed E-state index contributed by atoms with van der Waals surface area (Å²) in [6.45, 7) is 9.33. The fraction of sp³-hybridized carbons (Fsp3) is 0.526. The van der Waals surface area contributed by atoms with E-state index in [1.165, 1.54) is 30.5 Å². The Morgan fingerprint density at radius 1 is 1.22 bits per heavy atom. The van der Waals surface area contributed by atoms with Gasteiger partial charge in [-0.05, 0) is 58.2 Å². The number of likely N-dealkylation sites (N-methyl/N-ethyl adjacent to an activating group) is 1. The molecule has 0 spiro atoms. The van der Waals surface area contributed by atoms with Crippen molar-refractivity contribution in [2.45, 2.75) is 40.0 Å². The fourth-order valence-corrected chi connectivity index (χ4v) is 2.96. The van der Waals surface area contributed by atoms with Gasteiger partial charge in [0.15, 0.2) is 0 Å². The molecule has 0 N–H and O–H groups in total. The highest BCUT2D eigenvalue weighted by Gasteiger charge is 2.13. The highest BCUT2D eigenvalue weighted by atomic mass is 35.5. The molecular formula is C19H28ClN3. The smallest absolute Gasteiger partial charge is 0.0668 e. The molecule has 0 aliphatic carbocycles. The van der Waals surface area contributed by atoms with Gasteiger partial charge in [-0.15, -0.1) is 0 Å². The summed E-state index contributed by atoms with van der Waals surface area (Å²) in [5.74, 6) is 0. The normalized spacial score (nSPS) is 15.5. The molecule has 0 aromatic heterocycles. The minimum absolute atomic E-state index is 0.757. The van der Waals surface area contributed by atoms with E-state index in [-0.39, 0.29) is 0 Å². The number of halogens is 1. The number of hydrogen-bond acceptors (Lipinski definition) is 3. The van der Waals surface area contributed by atoms with E-state index in [1.54, 1.807) is 0 Å². The zero-order valence-corrected chi connectivity index (χ0v) is 15.5. The van der Waals surface area contributed by atoms with Gasteiger partial charge in [0.05, 0.1) is 5.71 Å². The molecule has 126 valence electrons. The van der Waals surface area contributed by atoms with E-state index in [0.717, 1.165) is 35.9 Å². The third-order valence-electron chi connectivity index (χ3n) is 4.16. The van der Waals surface area contributed by atoms with Crippen molar-refractivity contribution in [3.05, 3.63) is 40.4 Å². The number of hydrazone groups is 1. The van der Waals surface area contributed by atoms with Crippen LogP contribution < -0.4 is 4.90 Å². The van der Waals surface area contributed by atoms with Crippen LogP contribution in [0.2, 0.25) is 5.02 Å². The van der Waals surface area contributed by atoms with Crippen LogP contribution >= 0.6 is 11.6 Å². The highest BCUT2D eigenvalue weighted by Crippen LogP contribution is 2.25. The number of benzene rings is 1. The van der Waals surface area contributed by atoms with Crippen LogP contribution in [-0.2, 0) is 0 Å². The fourth-order valence-electron chi connectivity index (χ4n) is 2.79. The van der Waals surface area contributed by atoms with Crippen molar-refractivity contribution in [2.24, 2.45) is 5.10 Å². The number of allylic oxidation sites excluding steroid dienone is 1. The summed E-state index contributed by atoms with van der Waals surface area (Å²) in [4.78, 5) is 2.24. The molecule has 3 nitrogen and oxygen atoms in total. The molecule has 0 amide bonds. The highest BCUT2D eigenvalue weighted by molar-refractivity contribution is 6.31. The Morgan fingerprint density at radius 2 is 1.91 bits per heavy atom. The average molecular weight is 334 g/mol. The molecule has 1 aromatic rings. The van der Waals surface area contributed by atoms with Crippen LogP contribution in [0.15, 0.2) is 34.9 Å². The summed E-state index contributed by atoms with van der Waals surface area (Å²) < 4.78 is 0. The molecule has 0 unspecified atom stereocenters. The number of rotatable bonds is 5. The molecule has 0 atom stereocenters. The topological polar surface area (TPSA) is 18.8 Å². The number of hydrogen-bond donors (Lipinski definition) is 0. The van der Waals surface area contributed by atoms with E-state index in [1.807, 2.05) is 12.1 Å². The Morgan fingerprint density at radius 3 is 2.57 bits per heavy atom. The van der Waals surface area contributed by atoms with Gasteiger partial charge in [0, 0.05) is 43.0 Å². The Balaban J connectivity index is 2.26. The second-order valence-corrected chi connectivity index (χ2v) is 6.96. The second kappa shape index (κ2) is 8.39. The van der Waals surface area contributed by atoms with Gasteiger partial charge in [0.2, 0.25) is 0 Å². The molecule has 1 fully saturated rings. The maximum atomic E-state index is 6.24. The first kappa shape index (κ1) is 17.9. The second-order valence-electron chi connectivity index (χ2n) is 6.52. The summed E-state index contributed by atoms with van der Waals surface area (Å²) >= 11 is 6.24. The Bertz CT molecular complexity index is 582. The van der Waals surface area contributed by atoms with E-state index in [0.29, 0.717) is 0 Å². The van der Waals surface area contributed by atoms with Crippen molar-refractivity contribution < 1.29 is 0 Å². The first-order valence-electron chi connectivity index (χ1n) is 8.42. The van der Waals surface area contributed by atoms with Crippen molar-refractivity contribution in [2.75, 3.05) is 31.6 Å². The molecule has 23 heavy (non-hydrogen) atoms. The van der Waals surface area contributed by atoms with Crippen LogP contribution in [0, 0.1) is 0 Å². The molecule has 0 bridgehead atoms. The van der Waals surface area contributed by atoms with E-state index in [4.69, 9.17) is 16.7 Å². The SMILES string of the molecule is CC(C)=CCN(C)c1ccc(Cl)cc1/C(C)=N\N1CCCCC1. The molecule has 4 heteroatoms. The monoisotopic (exact) mass is 333 g/mol. The van der Waals surface area contributed by atoms with E-state index < -0.39 is 0 Å². The Labute approximate surface area is 145 Å². The van der Waals surface area contributed by atoms with E-state index in [9.17, 15) is 0 Å². The quantitative estimate of drug-likeness (QED) is 0.560. The summed E-state index contributed by atoms with van der Waals surface area (Å²) in [6.07, 6.45) is 6.02. The average Bonchev–Trinajstić information content (AvgIpc) is 2.53. The molecular weight excluding hydrogens is 306 g/mol. The van der Waals surface area contributed by atoms with Crippen LogP contribution in [0.4, 0.5) is 5.69 Å². The molecule has 1 saturated heterocycles. The third-order valence-corrected chi connectivity index (χ3v) is 4.39.